The number of rotatable bonds is 3. The van der Waals surface area contributed by atoms with Gasteiger partial charge in [-0.15, -0.1) is 0 Å². The highest BCUT2D eigenvalue weighted by Gasteiger charge is 2.35. The highest BCUT2D eigenvalue weighted by molar-refractivity contribution is 7.99. The first kappa shape index (κ1) is 15.5. The third kappa shape index (κ3) is 3.24. The topological polar surface area (TPSA) is 92.9 Å². The fourth-order valence-electron chi connectivity index (χ4n) is 2.17. The minimum atomic E-state index is -0.628. The summed E-state index contributed by atoms with van der Waals surface area (Å²) < 4.78 is 5.02. The van der Waals surface area contributed by atoms with Gasteiger partial charge in [-0.25, -0.2) is 4.79 Å². The largest absolute Gasteiger partial charge is 0.505 e. The number of phenolic OH excluding ortho intramolecular Hbond substituents is 1. The number of nitrogens with two attached hydrogens (primary N) is 1. The van der Waals surface area contributed by atoms with Crippen LogP contribution in [0.15, 0.2) is 18.2 Å². The molecule has 7 heteroatoms. The normalized spacial score (nSPS) is 18.3. The lowest BCUT2D eigenvalue weighted by Gasteiger charge is -2.33. The number of amides is 1. The van der Waals surface area contributed by atoms with Crippen molar-refractivity contribution in [3.05, 3.63) is 23.8 Å². The SMILES string of the molecule is CCOC(=O)C1CSCCN1C(=O)c1cccc(N)c1O. The molecule has 1 aliphatic heterocycles. The third-order valence-electron chi connectivity index (χ3n) is 3.25. The summed E-state index contributed by atoms with van der Waals surface area (Å²) in [5.41, 5.74) is 5.86. The zero-order valence-corrected chi connectivity index (χ0v) is 12.6. The monoisotopic (exact) mass is 310 g/mol. The molecule has 1 aromatic rings. The number of ether oxygens (including phenoxy) is 1. The Labute approximate surface area is 127 Å². The van der Waals surface area contributed by atoms with Crippen LogP contribution in [0, 0.1) is 0 Å². The summed E-state index contributed by atoms with van der Waals surface area (Å²) in [4.78, 5) is 26.0. The van der Waals surface area contributed by atoms with Gasteiger partial charge in [-0.2, -0.15) is 11.8 Å². The zero-order chi connectivity index (χ0) is 15.4. The minimum Gasteiger partial charge on any atom is -0.505 e. The highest BCUT2D eigenvalue weighted by Crippen LogP contribution is 2.28. The minimum absolute atomic E-state index is 0.108. The molecule has 0 radical (unpaired) electrons. The van der Waals surface area contributed by atoms with E-state index in [1.54, 1.807) is 24.8 Å². The van der Waals surface area contributed by atoms with E-state index in [1.807, 2.05) is 0 Å². The summed E-state index contributed by atoms with van der Waals surface area (Å²) in [5.74, 6) is 0.168. The number of phenols is 1. The number of hydrogen-bond donors (Lipinski definition) is 2. The molecule has 21 heavy (non-hydrogen) atoms. The van der Waals surface area contributed by atoms with Crippen LogP contribution in [0.5, 0.6) is 5.75 Å². The Balaban J connectivity index is 2.26. The van der Waals surface area contributed by atoms with E-state index >= 15 is 0 Å². The summed E-state index contributed by atoms with van der Waals surface area (Å²) in [6, 6.07) is 3.98. The molecule has 0 aromatic heterocycles. The smallest absolute Gasteiger partial charge is 0.329 e. The molecule has 1 aliphatic rings. The average molecular weight is 310 g/mol. The molecule has 114 valence electrons. The number of nitrogens with zero attached hydrogens (tertiary/aromatic N) is 1. The molecule has 1 fully saturated rings. The van der Waals surface area contributed by atoms with E-state index < -0.39 is 17.9 Å². The van der Waals surface area contributed by atoms with Gasteiger partial charge in [0.25, 0.3) is 5.91 Å². The first-order valence-electron chi connectivity index (χ1n) is 6.69. The second-order valence-corrected chi connectivity index (χ2v) is 5.73. The quantitative estimate of drug-likeness (QED) is 0.493. The lowest BCUT2D eigenvalue weighted by Crippen LogP contribution is -2.51. The van der Waals surface area contributed by atoms with Gasteiger partial charge in [-0.05, 0) is 19.1 Å². The molecule has 6 nitrogen and oxygen atoms in total. The van der Waals surface area contributed by atoms with Crippen molar-refractivity contribution in [2.75, 3.05) is 30.4 Å². The number of carbonyl (C=O) groups excluding carboxylic acids is 2. The molecule has 0 bridgehead atoms. The number of para-hydroxylation sites is 1. The first-order chi connectivity index (χ1) is 10.1. The number of esters is 1. The molecular formula is C14H18N2O4S. The number of nitrogen functional groups attached to an aromatic ring is 1. The van der Waals surface area contributed by atoms with Crippen LogP contribution in [0.2, 0.25) is 0 Å². The van der Waals surface area contributed by atoms with Gasteiger partial charge in [0, 0.05) is 18.1 Å². The summed E-state index contributed by atoms with van der Waals surface area (Å²) in [7, 11) is 0. The second kappa shape index (κ2) is 6.71. The highest BCUT2D eigenvalue weighted by atomic mass is 32.2. The number of hydrogen-bond acceptors (Lipinski definition) is 6. The zero-order valence-electron chi connectivity index (χ0n) is 11.7. The van der Waals surface area contributed by atoms with Gasteiger partial charge >= 0.3 is 5.97 Å². The van der Waals surface area contributed by atoms with Gasteiger partial charge in [-0.3, -0.25) is 4.79 Å². The Morgan fingerprint density at radius 1 is 1.52 bits per heavy atom. The van der Waals surface area contributed by atoms with Crippen molar-refractivity contribution in [2.45, 2.75) is 13.0 Å². The van der Waals surface area contributed by atoms with Gasteiger partial charge in [0.2, 0.25) is 0 Å². The van der Waals surface area contributed by atoms with Gasteiger partial charge in [0.15, 0.2) is 5.75 Å². The molecular weight excluding hydrogens is 292 g/mol. The van der Waals surface area contributed by atoms with E-state index in [9.17, 15) is 14.7 Å². The molecule has 1 amide bonds. The molecule has 0 saturated carbocycles. The Morgan fingerprint density at radius 3 is 3.00 bits per heavy atom. The molecule has 1 unspecified atom stereocenters. The van der Waals surface area contributed by atoms with Crippen molar-refractivity contribution in [1.29, 1.82) is 0 Å². The number of anilines is 1. The van der Waals surface area contributed by atoms with Crippen LogP contribution in [0.1, 0.15) is 17.3 Å². The van der Waals surface area contributed by atoms with Gasteiger partial charge < -0.3 is 20.5 Å². The van der Waals surface area contributed by atoms with Crippen molar-refractivity contribution in [1.82, 2.24) is 4.90 Å². The lowest BCUT2D eigenvalue weighted by atomic mass is 10.1. The maximum Gasteiger partial charge on any atom is 0.329 e. The first-order valence-corrected chi connectivity index (χ1v) is 7.84. The van der Waals surface area contributed by atoms with Crippen LogP contribution >= 0.6 is 11.8 Å². The molecule has 3 N–H and O–H groups in total. The summed E-state index contributed by atoms with van der Waals surface area (Å²) in [6.45, 7) is 2.43. The fraction of sp³-hybridized carbons (Fsp3) is 0.429. The number of benzene rings is 1. The molecule has 2 rings (SSSR count). The van der Waals surface area contributed by atoms with Crippen LogP contribution in [0.25, 0.3) is 0 Å². The van der Waals surface area contributed by atoms with E-state index in [0.29, 0.717) is 12.3 Å². The molecule has 1 saturated heterocycles. The van der Waals surface area contributed by atoms with Crippen LogP contribution in [0.3, 0.4) is 0 Å². The van der Waals surface area contributed by atoms with E-state index in [2.05, 4.69) is 0 Å². The predicted molar refractivity (Wildman–Crippen MR) is 81.3 cm³/mol. The maximum atomic E-state index is 12.6. The standard InChI is InChI=1S/C14H18N2O4S/c1-2-20-14(19)11-8-21-7-6-16(11)13(18)9-4-3-5-10(15)12(9)17/h3-5,11,17H,2,6-8,15H2,1H3. The number of carbonyl (C=O) groups is 2. The van der Waals surface area contributed by atoms with Gasteiger partial charge in [-0.1, -0.05) is 6.07 Å². The average Bonchev–Trinajstić information content (AvgIpc) is 2.49. The van der Waals surface area contributed by atoms with Crippen molar-refractivity contribution >= 4 is 29.3 Å². The third-order valence-corrected chi connectivity index (χ3v) is 4.27. The summed E-state index contributed by atoms with van der Waals surface area (Å²) >= 11 is 1.60. The van der Waals surface area contributed by atoms with Crippen LogP contribution in [0.4, 0.5) is 5.69 Å². The Bertz CT molecular complexity index is 550. The van der Waals surface area contributed by atoms with E-state index in [4.69, 9.17) is 10.5 Å². The number of aromatic hydroxyl groups is 1. The molecule has 1 heterocycles. The Kier molecular flexibility index (Phi) is 4.95. The molecule has 1 aromatic carbocycles. The number of thioether (sulfide) groups is 1. The summed E-state index contributed by atoms with van der Waals surface area (Å²) in [6.07, 6.45) is 0. The fourth-order valence-corrected chi connectivity index (χ4v) is 3.20. The lowest BCUT2D eigenvalue weighted by molar-refractivity contribution is -0.147. The van der Waals surface area contributed by atoms with Crippen molar-refractivity contribution in [3.63, 3.8) is 0 Å². The van der Waals surface area contributed by atoms with E-state index in [0.717, 1.165) is 5.75 Å². The Morgan fingerprint density at radius 2 is 2.29 bits per heavy atom. The van der Waals surface area contributed by atoms with Crippen molar-refractivity contribution in [3.8, 4) is 5.75 Å². The van der Waals surface area contributed by atoms with Crippen molar-refractivity contribution < 1.29 is 19.4 Å². The second-order valence-electron chi connectivity index (χ2n) is 4.58. The summed E-state index contributed by atoms with van der Waals surface area (Å²) in [5, 5.41) is 9.93. The van der Waals surface area contributed by atoms with Crippen LogP contribution < -0.4 is 5.73 Å². The van der Waals surface area contributed by atoms with Crippen molar-refractivity contribution in [2.24, 2.45) is 0 Å². The van der Waals surface area contributed by atoms with Crippen LogP contribution in [-0.2, 0) is 9.53 Å². The van der Waals surface area contributed by atoms with Crippen LogP contribution in [-0.4, -0.2) is 52.6 Å². The van der Waals surface area contributed by atoms with Gasteiger partial charge in [0.05, 0.1) is 17.9 Å². The molecule has 1 atom stereocenters. The van der Waals surface area contributed by atoms with E-state index in [-0.39, 0.29) is 23.6 Å². The predicted octanol–water partition coefficient (Wildman–Crippen LogP) is 1.10. The Hall–Kier alpha value is -1.89. The van der Waals surface area contributed by atoms with E-state index in [1.165, 1.54) is 17.0 Å². The molecule has 0 aliphatic carbocycles. The van der Waals surface area contributed by atoms with Gasteiger partial charge in [0.1, 0.15) is 6.04 Å². The maximum absolute atomic E-state index is 12.6. The molecule has 0 spiro atoms.